The number of nitrogens with one attached hydrogen (secondary N) is 2. The molecule has 0 bridgehead atoms. The number of likely N-dealkylation sites (tertiary alicyclic amines) is 2. The molecule has 2 heterocycles. The first-order chi connectivity index (χ1) is 11.5. The van der Waals surface area contributed by atoms with E-state index in [0.29, 0.717) is 12.5 Å². The number of hydrogen-bond acceptors (Lipinski definition) is 3. The van der Waals surface area contributed by atoms with Gasteiger partial charge in [-0.15, -0.1) is 0 Å². The van der Waals surface area contributed by atoms with Gasteiger partial charge in [0, 0.05) is 44.7 Å². The van der Waals surface area contributed by atoms with Crippen LogP contribution in [0, 0.1) is 0 Å². The molecule has 1 unspecified atom stereocenters. The molecule has 0 aromatic carbocycles. The maximum atomic E-state index is 11.8. The molecular weight excluding hydrogens is 302 g/mol. The van der Waals surface area contributed by atoms with Crippen molar-refractivity contribution in [1.82, 2.24) is 20.4 Å². The van der Waals surface area contributed by atoms with E-state index < -0.39 is 0 Å². The van der Waals surface area contributed by atoms with E-state index in [1.165, 1.54) is 32.4 Å². The number of piperidine rings is 1. The van der Waals surface area contributed by atoms with Gasteiger partial charge >= 0.3 is 0 Å². The molecule has 0 saturated carbocycles. The third-order valence-electron chi connectivity index (χ3n) is 5.31. The predicted octanol–water partition coefficient (Wildman–Crippen LogP) is 1.43. The van der Waals surface area contributed by atoms with Gasteiger partial charge in [0.05, 0.1) is 0 Å². The summed E-state index contributed by atoms with van der Waals surface area (Å²) in [5, 5.41) is 6.96. The summed E-state index contributed by atoms with van der Waals surface area (Å²) in [6.07, 6.45) is 5.54. The van der Waals surface area contributed by atoms with Crippen LogP contribution in [-0.2, 0) is 4.79 Å². The van der Waals surface area contributed by atoms with Crippen LogP contribution in [0.2, 0.25) is 0 Å². The standard InChI is InChI=1S/C18H35N5O/c1-5-16(24)22-12-9-15(13-22)21-17(19-4)20-14-18(2,3)23-10-7-6-8-11-23/h15H,5-14H2,1-4H3,(H2,19,20,21). The number of aliphatic imine (C=N–C) groups is 1. The van der Waals surface area contributed by atoms with Crippen molar-refractivity contribution >= 4 is 11.9 Å². The molecule has 138 valence electrons. The summed E-state index contributed by atoms with van der Waals surface area (Å²) < 4.78 is 0. The maximum absolute atomic E-state index is 11.8. The molecule has 0 aromatic rings. The number of hydrogen-bond donors (Lipinski definition) is 2. The van der Waals surface area contributed by atoms with Gasteiger partial charge in [-0.2, -0.15) is 0 Å². The van der Waals surface area contributed by atoms with Gasteiger partial charge in [0.1, 0.15) is 0 Å². The summed E-state index contributed by atoms with van der Waals surface area (Å²) in [7, 11) is 1.81. The lowest BCUT2D eigenvalue weighted by atomic mass is 9.98. The molecule has 2 aliphatic rings. The highest BCUT2D eigenvalue weighted by Gasteiger charge is 2.29. The monoisotopic (exact) mass is 337 g/mol. The average molecular weight is 338 g/mol. The van der Waals surface area contributed by atoms with Gasteiger partial charge in [0.15, 0.2) is 5.96 Å². The second-order valence-corrected chi connectivity index (χ2v) is 7.61. The summed E-state index contributed by atoms with van der Waals surface area (Å²) in [4.78, 5) is 20.7. The molecule has 2 fully saturated rings. The molecule has 2 saturated heterocycles. The normalized spacial score (nSPS) is 23.4. The number of rotatable bonds is 5. The van der Waals surface area contributed by atoms with E-state index in [2.05, 4.69) is 34.4 Å². The van der Waals surface area contributed by atoms with Crippen molar-refractivity contribution in [1.29, 1.82) is 0 Å². The SMILES string of the molecule is CCC(=O)N1CCC(NC(=NC)NCC(C)(C)N2CCCCC2)C1. The summed E-state index contributed by atoms with van der Waals surface area (Å²) in [6.45, 7) is 11.4. The van der Waals surface area contributed by atoms with Gasteiger partial charge < -0.3 is 15.5 Å². The van der Waals surface area contributed by atoms with Crippen LogP contribution in [0.3, 0.4) is 0 Å². The van der Waals surface area contributed by atoms with Crippen LogP contribution in [0.15, 0.2) is 4.99 Å². The molecule has 0 spiro atoms. The highest BCUT2D eigenvalue weighted by atomic mass is 16.2. The Morgan fingerprint density at radius 2 is 1.92 bits per heavy atom. The fourth-order valence-corrected chi connectivity index (χ4v) is 3.63. The minimum atomic E-state index is 0.123. The molecule has 1 amide bonds. The van der Waals surface area contributed by atoms with Crippen molar-refractivity contribution in [2.24, 2.45) is 4.99 Å². The van der Waals surface area contributed by atoms with E-state index in [-0.39, 0.29) is 11.4 Å². The molecule has 0 aliphatic carbocycles. The number of nitrogens with zero attached hydrogens (tertiary/aromatic N) is 3. The smallest absolute Gasteiger partial charge is 0.222 e. The van der Waals surface area contributed by atoms with Crippen LogP contribution in [0.1, 0.15) is 52.9 Å². The average Bonchev–Trinajstić information content (AvgIpc) is 3.07. The van der Waals surface area contributed by atoms with Crippen molar-refractivity contribution < 1.29 is 4.79 Å². The van der Waals surface area contributed by atoms with Gasteiger partial charge in [0.2, 0.25) is 5.91 Å². The summed E-state index contributed by atoms with van der Waals surface area (Å²) in [6, 6.07) is 0.296. The van der Waals surface area contributed by atoms with E-state index in [9.17, 15) is 4.79 Å². The first-order valence-electron chi connectivity index (χ1n) is 9.46. The highest BCUT2D eigenvalue weighted by Crippen LogP contribution is 2.19. The Hall–Kier alpha value is -1.30. The lowest BCUT2D eigenvalue weighted by Crippen LogP contribution is -2.55. The molecule has 2 rings (SSSR count). The quantitative estimate of drug-likeness (QED) is 0.588. The van der Waals surface area contributed by atoms with Gasteiger partial charge in [-0.3, -0.25) is 14.7 Å². The second kappa shape index (κ2) is 8.70. The second-order valence-electron chi connectivity index (χ2n) is 7.61. The van der Waals surface area contributed by atoms with E-state index >= 15 is 0 Å². The fourth-order valence-electron chi connectivity index (χ4n) is 3.63. The van der Waals surface area contributed by atoms with Crippen molar-refractivity contribution in [3.05, 3.63) is 0 Å². The Labute approximate surface area is 147 Å². The predicted molar refractivity (Wildman–Crippen MR) is 99.3 cm³/mol. The van der Waals surface area contributed by atoms with E-state index in [4.69, 9.17) is 0 Å². The summed E-state index contributed by atoms with van der Waals surface area (Å²) in [5.41, 5.74) is 0.123. The first kappa shape index (κ1) is 19.0. The number of amides is 1. The zero-order chi connectivity index (χ0) is 17.6. The third-order valence-corrected chi connectivity index (χ3v) is 5.31. The Morgan fingerprint density at radius 1 is 1.21 bits per heavy atom. The van der Waals surface area contributed by atoms with Crippen molar-refractivity contribution in [3.8, 4) is 0 Å². The summed E-state index contributed by atoms with van der Waals surface area (Å²) >= 11 is 0. The Bertz CT molecular complexity index is 443. The Morgan fingerprint density at radius 3 is 2.54 bits per heavy atom. The lowest BCUT2D eigenvalue weighted by molar-refractivity contribution is -0.129. The molecule has 24 heavy (non-hydrogen) atoms. The van der Waals surface area contributed by atoms with Crippen LogP contribution in [0.4, 0.5) is 0 Å². The Kier molecular flexibility index (Phi) is 6.90. The van der Waals surface area contributed by atoms with Gasteiger partial charge in [0.25, 0.3) is 0 Å². The maximum Gasteiger partial charge on any atom is 0.222 e. The minimum Gasteiger partial charge on any atom is -0.355 e. The zero-order valence-corrected chi connectivity index (χ0v) is 15.9. The first-order valence-corrected chi connectivity index (χ1v) is 9.46. The number of carbonyl (C=O) groups excluding carboxylic acids is 1. The molecule has 0 radical (unpaired) electrons. The molecule has 6 nitrogen and oxygen atoms in total. The van der Waals surface area contributed by atoms with Gasteiger partial charge in [-0.25, -0.2) is 0 Å². The van der Waals surface area contributed by atoms with E-state index in [1.54, 1.807) is 0 Å². The molecule has 0 aromatic heterocycles. The van der Waals surface area contributed by atoms with Crippen molar-refractivity contribution in [2.45, 2.75) is 64.5 Å². The number of guanidine groups is 1. The molecule has 6 heteroatoms. The van der Waals surface area contributed by atoms with Gasteiger partial charge in [-0.05, 0) is 46.2 Å². The Balaban J connectivity index is 1.79. The highest BCUT2D eigenvalue weighted by molar-refractivity contribution is 5.80. The van der Waals surface area contributed by atoms with Crippen LogP contribution in [0.5, 0.6) is 0 Å². The molecule has 2 N–H and O–H groups in total. The van der Waals surface area contributed by atoms with Crippen LogP contribution >= 0.6 is 0 Å². The molecule has 2 aliphatic heterocycles. The largest absolute Gasteiger partial charge is 0.355 e. The minimum absolute atomic E-state index is 0.123. The topological polar surface area (TPSA) is 60.0 Å². The molecule has 1 atom stereocenters. The molecular formula is C18H35N5O. The lowest BCUT2D eigenvalue weighted by Gasteiger charge is -2.41. The van der Waals surface area contributed by atoms with Crippen LogP contribution < -0.4 is 10.6 Å². The van der Waals surface area contributed by atoms with Crippen molar-refractivity contribution in [2.75, 3.05) is 39.8 Å². The van der Waals surface area contributed by atoms with Crippen LogP contribution in [0.25, 0.3) is 0 Å². The van der Waals surface area contributed by atoms with E-state index in [1.807, 2.05) is 18.9 Å². The number of carbonyl (C=O) groups is 1. The fraction of sp³-hybridized carbons (Fsp3) is 0.889. The zero-order valence-electron chi connectivity index (χ0n) is 15.9. The third kappa shape index (κ3) is 5.10. The van der Waals surface area contributed by atoms with Crippen LogP contribution in [-0.4, -0.2) is 73.0 Å². The van der Waals surface area contributed by atoms with Crippen molar-refractivity contribution in [3.63, 3.8) is 0 Å². The summed E-state index contributed by atoms with van der Waals surface area (Å²) in [5.74, 6) is 1.09. The van der Waals surface area contributed by atoms with E-state index in [0.717, 1.165) is 32.0 Å². The van der Waals surface area contributed by atoms with Gasteiger partial charge in [-0.1, -0.05) is 13.3 Å².